The average Bonchev–Trinajstić information content (AvgIpc) is 2.85. The van der Waals surface area contributed by atoms with E-state index in [0.29, 0.717) is 11.8 Å². The maximum atomic E-state index is 13.2. The van der Waals surface area contributed by atoms with Gasteiger partial charge in [0.2, 0.25) is 0 Å². The fraction of sp³-hybridized carbons (Fsp3) is 0.200. The molecule has 0 bridgehead atoms. The first-order chi connectivity index (χ1) is 17.4. The summed E-state index contributed by atoms with van der Waals surface area (Å²) in [6.07, 6.45) is -9.35. The molecular weight excluding hydrogens is 504 g/mol. The number of alkyl halides is 6. The standard InChI is InChI=1S/C25H21F6N3O3/c26-24(27,28)17-6-4-8-19(14-17)33-23(36)34(20-9-5-7-18(15-20)25(29,30)31)13-12-32-22(35)16-37-21-10-2-1-3-11-21/h1-11,14-15H,12-13,16H2,(H,32,35)(H,33,36). The number of rotatable bonds is 8. The Kier molecular flexibility index (Phi) is 8.64. The number of anilines is 2. The van der Waals surface area contributed by atoms with Crippen LogP contribution in [-0.2, 0) is 17.1 Å². The Morgan fingerprint density at radius 2 is 1.41 bits per heavy atom. The molecule has 0 heterocycles. The van der Waals surface area contributed by atoms with Gasteiger partial charge in [-0.2, -0.15) is 26.3 Å². The number of carbonyl (C=O) groups is 2. The number of nitrogens with one attached hydrogen (secondary N) is 2. The summed E-state index contributed by atoms with van der Waals surface area (Å²) < 4.78 is 84.0. The highest BCUT2D eigenvalue weighted by Gasteiger charge is 2.32. The molecule has 0 saturated carbocycles. The number of para-hydroxylation sites is 1. The van der Waals surface area contributed by atoms with Crippen molar-refractivity contribution in [1.82, 2.24) is 5.32 Å². The van der Waals surface area contributed by atoms with Gasteiger partial charge in [-0.1, -0.05) is 30.3 Å². The van der Waals surface area contributed by atoms with Crippen molar-refractivity contribution < 1.29 is 40.7 Å². The van der Waals surface area contributed by atoms with Gasteiger partial charge in [0.1, 0.15) is 5.75 Å². The Labute approximate surface area is 207 Å². The Morgan fingerprint density at radius 3 is 2.05 bits per heavy atom. The van der Waals surface area contributed by atoms with Crippen molar-refractivity contribution in [3.63, 3.8) is 0 Å². The van der Waals surface area contributed by atoms with Crippen LogP contribution >= 0.6 is 0 Å². The third-order valence-electron chi connectivity index (χ3n) is 4.94. The van der Waals surface area contributed by atoms with E-state index in [2.05, 4.69) is 10.6 Å². The number of urea groups is 1. The molecule has 12 heteroatoms. The average molecular weight is 525 g/mol. The van der Waals surface area contributed by atoms with Crippen LogP contribution in [0, 0.1) is 0 Å². The molecule has 196 valence electrons. The van der Waals surface area contributed by atoms with Gasteiger partial charge in [0.25, 0.3) is 5.91 Å². The minimum absolute atomic E-state index is 0.172. The van der Waals surface area contributed by atoms with E-state index in [1.165, 1.54) is 12.1 Å². The van der Waals surface area contributed by atoms with Gasteiger partial charge in [0, 0.05) is 24.5 Å². The van der Waals surface area contributed by atoms with Crippen LogP contribution in [0.5, 0.6) is 5.75 Å². The number of ether oxygens (including phenoxy) is 1. The van der Waals surface area contributed by atoms with E-state index in [0.717, 1.165) is 35.2 Å². The highest BCUT2D eigenvalue weighted by Crippen LogP contribution is 2.33. The van der Waals surface area contributed by atoms with Gasteiger partial charge in [0.05, 0.1) is 11.1 Å². The maximum absolute atomic E-state index is 13.2. The molecule has 0 aliphatic carbocycles. The SMILES string of the molecule is O=C(COc1ccccc1)NCCN(C(=O)Nc1cccc(C(F)(F)F)c1)c1cccc(C(F)(F)F)c1. The Balaban J connectivity index is 1.73. The fourth-order valence-electron chi connectivity index (χ4n) is 3.19. The number of hydrogen-bond donors (Lipinski definition) is 2. The summed E-state index contributed by atoms with van der Waals surface area (Å²) in [7, 11) is 0. The van der Waals surface area contributed by atoms with E-state index in [9.17, 15) is 35.9 Å². The van der Waals surface area contributed by atoms with Crippen molar-refractivity contribution in [3.8, 4) is 5.75 Å². The van der Waals surface area contributed by atoms with E-state index < -0.39 is 35.4 Å². The number of nitrogens with zero attached hydrogens (tertiary/aromatic N) is 1. The summed E-state index contributed by atoms with van der Waals surface area (Å²) in [5.41, 5.74) is -2.42. The molecule has 0 aliphatic heterocycles. The van der Waals surface area contributed by atoms with Crippen LogP contribution in [0.1, 0.15) is 11.1 Å². The van der Waals surface area contributed by atoms with E-state index >= 15 is 0 Å². The lowest BCUT2D eigenvalue weighted by molar-refractivity contribution is -0.138. The first kappa shape index (κ1) is 27.4. The normalized spacial score (nSPS) is 11.5. The summed E-state index contributed by atoms with van der Waals surface area (Å²) in [6, 6.07) is 15.2. The van der Waals surface area contributed by atoms with E-state index in [1.807, 2.05) is 0 Å². The van der Waals surface area contributed by atoms with Gasteiger partial charge in [-0.25, -0.2) is 4.79 Å². The van der Waals surface area contributed by atoms with Gasteiger partial charge in [-0.15, -0.1) is 0 Å². The summed E-state index contributed by atoms with van der Waals surface area (Å²) in [4.78, 5) is 25.9. The fourth-order valence-corrected chi connectivity index (χ4v) is 3.19. The Hall–Kier alpha value is -4.22. The Bertz CT molecular complexity index is 1220. The molecule has 0 atom stereocenters. The highest BCUT2D eigenvalue weighted by atomic mass is 19.4. The summed E-state index contributed by atoms with van der Waals surface area (Å²) in [5, 5.41) is 4.75. The van der Waals surface area contributed by atoms with E-state index in [-0.39, 0.29) is 31.1 Å². The largest absolute Gasteiger partial charge is 0.484 e. The third-order valence-corrected chi connectivity index (χ3v) is 4.94. The van der Waals surface area contributed by atoms with Crippen LogP contribution in [0.4, 0.5) is 42.5 Å². The molecule has 3 amide bonds. The molecule has 3 aromatic rings. The second kappa shape index (κ2) is 11.7. The molecule has 3 rings (SSSR count). The second-order valence-corrected chi connectivity index (χ2v) is 7.66. The first-order valence-electron chi connectivity index (χ1n) is 10.8. The van der Waals surface area contributed by atoms with Gasteiger partial charge < -0.3 is 15.4 Å². The van der Waals surface area contributed by atoms with E-state index in [1.54, 1.807) is 30.3 Å². The molecule has 0 unspecified atom stereocenters. The molecule has 6 nitrogen and oxygen atoms in total. The lowest BCUT2D eigenvalue weighted by Crippen LogP contribution is -2.42. The highest BCUT2D eigenvalue weighted by molar-refractivity contribution is 6.01. The number of benzene rings is 3. The predicted octanol–water partition coefficient (Wildman–Crippen LogP) is 5.96. The van der Waals surface area contributed by atoms with Gasteiger partial charge in [-0.3, -0.25) is 9.69 Å². The summed E-state index contributed by atoms with van der Waals surface area (Å²) >= 11 is 0. The second-order valence-electron chi connectivity index (χ2n) is 7.66. The van der Waals surface area contributed by atoms with Gasteiger partial charge in [0.15, 0.2) is 6.61 Å². The van der Waals surface area contributed by atoms with Crippen molar-refractivity contribution >= 4 is 23.3 Å². The monoisotopic (exact) mass is 525 g/mol. The zero-order valence-corrected chi connectivity index (χ0v) is 19.1. The number of halogens is 6. The summed E-state index contributed by atoms with van der Waals surface area (Å²) in [6.45, 7) is -0.809. The molecule has 0 radical (unpaired) electrons. The molecule has 0 aliphatic rings. The van der Waals surface area contributed by atoms with Crippen LogP contribution in [0.25, 0.3) is 0 Å². The van der Waals surface area contributed by atoms with Crippen molar-refractivity contribution in [2.24, 2.45) is 0 Å². The van der Waals surface area contributed by atoms with Gasteiger partial charge in [-0.05, 0) is 48.5 Å². The molecule has 3 aromatic carbocycles. The first-order valence-corrected chi connectivity index (χ1v) is 10.8. The quantitative estimate of drug-likeness (QED) is 0.357. The molecule has 0 spiro atoms. The van der Waals surface area contributed by atoms with Crippen molar-refractivity contribution in [1.29, 1.82) is 0 Å². The van der Waals surface area contributed by atoms with Crippen LogP contribution in [0.15, 0.2) is 78.9 Å². The smallest absolute Gasteiger partial charge is 0.416 e. The van der Waals surface area contributed by atoms with Crippen molar-refractivity contribution in [2.45, 2.75) is 12.4 Å². The van der Waals surface area contributed by atoms with Crippen molar-refractivity contribution in [2.75, 3.05) is 29.9 Å². The lowest BCUT2D eigenvalue weighted by atomic mass is 10.1. The summed E-state index contributed by atoms with van der Waals surface area (Å²) in [5.74, 6) is -0.102. The predicted molar refractivity (Wildman–Crippen MR) is 124 cm³/mol. The molecule has 0 saturated heterocycles. The topological polar surface area (TPSA) is 70.7 Å². The number of hydrogen-bond acceptors (Lipinski definition) is 3. The minimum atomic E-state index is -4.69. The van der Waals surface area contributed by atoms with Crippen molar-refractivity contribution in [3.05, 3.63) is 90.0 Å². The molecule has 37 heavy (non-hydrogen) atoms. The zero-order chi connectivity index (χ0) is 27.1. The van der Waals surface area contributed by atoms with Crippen LogP contribution < -0.4 is 20.3 Å². The van der Waals surface area contributed by atoms with Crippen LogP contribution in [-0.4, -0.2) is 31.6 Å². The van der Waals surface area contributed by atoms with Crippen LogP contribution in [0.3, 0.4) is 0 Å². The van der Waals surface area contributed by atoms with E-state index in [4.69, 9.17) is 4.74 Å². The minimum Gasteiger partial charge on any atom is -0.484 e. The molecule has 2 N–H and O–H groups in total. The number of amides is 3. The van der Waals surface area contributed by atoms with Crippen LogP contribution in [0.2, 0.25) is 0 Å². The molecule has 0 fully saturated rings. The zero-order valence-electron chi connectivity index (χ0n) is 19.1. The molecular formula is C25H21F6N3O3. The third kappa shape index (κ3) is 8.16. The maximum Gasteiger partial charge on any atom is 0.416 e. The Morgan fingerprint density at radius 1 is 0.784 bits per heavy atom. The molecule has 0 aromatic heterocycles. The van der Waals surface area contributed by atoms with Gasteiger partial charge >= 0.3 is 18.4 Å². The number of carbonyl (C=O) groups excluding carboxylic acids is 2. The lowest BCUT2D eigenvalue weighted by Gasteiger charge is -2.24.